The van der Waals surface area contributed by atoms with Crippen molar-refractivity contribution >= 4 is 34.5 Å². The van der Waals surface area contributed by atoms with E-state index in [2.05, 4.69) is 32.8 Å². The molecule has 2 aromatic rings. The molecule has 0 bridgehead atoms. The molecule has 0 atom stereocenters. The predicted octanol–water partition coefficient (Wildman–Crippen LogP) is 4.11. The maximum Gasteiger partial charge on any atom is 0.335 e. The normalized spacial score (nSPS) is 17.4. The molecule has 2 N–H and O–H groups in total. The standard InChI is InChI=1S/C26H32N2O6.CH3I/c1-28(14-17-34-22-5-3-4-21(18-22)32-2)26(12-15-33-16-13-26)24(31)27-25(10-11-25)20-8-6-19(7-9-20)23(29)30;1-2/h3-9,18H,10-17H2,1-2H3,(H,27,31)(H,29,30);1H3. The Labute approximate surface area is 226 Å². The van der Waals surface area contributed by atoms with Gasteiger partial charge in [0, 0.05) is 25.8 Å². The van der Waals surface area contributed by atoms with Crippen LogP contribution in [0.2, 0.25) is 0 Å². The first-order chi connectivity index (χ1) is 17.4. The van der Waals surface area contributed by atoms with Gasteiger partial charge in [0.25, 0.3) is 0 Å². The average molecular weight is 610 g/mol. The molecule has 1 saturated carbocycles. The van der Waals surface area contributed by atoms with Crippen molar-refractivity contribution in [3.05, 3.63) is 59.7 Å². The molecule has 36 heavy (non-hydrogen) atoms. The van der Waals surface area contributed by atoms with Crippen LogP contribution < -0.4 is 14.8 Å². The van der Waals surface area contributed by atoms with Crippen molar-refractivity contribution in [2.24, 2.45) is 0 Å². The summed E-state index contributed by atoms with van der Waals surface area (Å²) in [7, 11) is 3.58. The van der Waals surface area contributed by atoms with Crippen LogP contribution >= 0.6 is 22.6 Å². The summed E-state index contributed by atoms with van der Waals surface area (Å²) >= 11 is 2.15. The van der Waals surface area contributed by atoms with Crippen LogP contribution in [0.5, 0.6) is 11.5 Å². The van der Waals surface area contributed by atoms with Gasteiger partial charge in [-0.3, -0.25) is 9.69 Å². The van der Waals surface area contributed by atoms with Crippen LogP contribution in [0.1, 0.15) is 41.6 Å². The van der Waals surface area contributed by atoms with Crippen LogP contribution in [0.25, 0.3) is 0 Å². The number of ether oxygens (including phenoxy) is 3. The Morgan fingerprint density at radius 1 is 1.06 bits per heavy atom. The molecular formula is C27H35IN2O6. The molecule has 0 radical (unpaired) electrons. The maximum atomic E-state index is 13.7. The number of methoxy groups -OCH3 is 1. The first-order valence-electron chi connectivity index (χ1n) is 12.0. The number of benzene rings is 2. The van der Waals surface area contributed by atoms with Gasteiger partial charge in [0.15, 0.2) is 0 Å². The number of amides is 1. The first-order valence-corrected chi connectivity index (χ1v) is 14.1. The molecule has 9 heteroatoms. The topological polar surface area (TPSA) is 97.3 Å². The lowest BCUT2D eigenvalue weighted by molar-refractivity contribution is -0.140. The number of hydrogen-bond donors (Lipinski definition) is 2. The van der Waals surface area contributed by atoms with Crippen molar-refractivity contribution in [3.8, 4) is 11.5 Å². The van der Waals surface area contributed by atoms with Crippen molar-refractivity contribution in [1.82, 2.24) is 10.2 Å². The largest absolute Gasteiger partial charge is 0.497 e. The van der Waals surface area contributed by atoms with E-state index >= 15 is 0 Å². The minimum atomic E-state index is -0.959. The molecule has 1 aliphatic heterocycles. The summed E-state index contributed by atoms with van der Waals surface area (Å²) in [5.74, 6) is 0.482. The molecule has 1 aliphatic carbocycles. The molecule has 2 aromatic carbocycles. The van der Waals surface area contributed by atoms with Crippen molar-refractivity contribution in [1.29, 1.82) is 0 Å². The number of carboxylic acid groups (broad SMARTS) is 1. The predicted molar refractivity (Wildman–Crippen MR) is 146 cm³/mol. The number of carbonyl (C=O) groups excluding carboxylic acids is 1. The number of carboxylic acids is 1. The van der Waals surface area contributed by atoms with E-state index in [0.29, 0.717) is 39.2 Å². The summed E-state index contributed by atoms with van der Waals surface area (Å²) in [6.07, 6.45) is 2.87. The fourth-order valence-corrected chi connectivity index (χ4v) is 4.57. The number of alkyl halides is 1. The molecule has 2 aliphatic rings. The number of hydrogen-bond acceptors (Lipinski definition) is 6. The second-order valence-electron chi connectivity index (χ2n) is 9.01. The van der Waals surface area contributed by atoms with Crippen LogP contribution in [0.4, 0.5) is 0 Å². The Morgan fingerprint density at radius 3 is 2.28 bits per heavy atom. The summed E-state index contributed by atoms with van der Waals surface area (Å²) in [5.41, 5.74) is 0.0591. The third-order valence-corrected chi connectivity index (χ3v) is 7.00. The van der Waals surface area contributed by atoms with E-state index in [1.165, 1.54) is 0 Å². The van der Waals surface area contributed by atoms with Crippen molar-refractivity contribution < 1.29 is 28.9 Å². The van der Waals surface area contributed by atoms with Gasteiger partial charge in [0.1, 0.15) is 23.6 Å². The van der Waals surface area contributed by atoms with Crippen LogP contribution in [0.15, 0.2) is 48.5 Å². The average Bonchev–Trinajstić information content (AvgIpc) is 3.70. The Balaban J connectivity index is 0.00000176. The molecule has 0 unspecified atom stereocenters. The third kappa shape index (κ3) is 6.49. The highest BCUT2D eigenvalue weighted by atomic mass is 127. The van der Waals surface area contributed by atoms with Gasteiger partial charge < -0.3 is 24.6 Å². The van der Waals surface area contributed by atoms with Gasteiger partial charge in [-0.1, -0.05) is 40.8 Å². The van der Waals surface area contributed by atoms with Crippen molar-refractivity contribution in [2.75, 3.05) is 45.5 Å². The van der Waals surface area contributed by atoms with Crippen LogP contribution in [0, 0.1) is 0 Å². The number of nitrogens with zero attached hydrogens (tertiary/aromatic N) is 1. The minimum absolute atomic E-state index is 0.0144. The maximum absolute atomic E-state index is 13.7. The molecule has 4 rings (SSSR count). The molecule has 196 valence electrons. The number of rotatable bonds is 10. The number of carbonyl (C=O) groups is 2. The van der Waals surface area contributed by atoms with Crippen LogP contribution in [-0.4, -0.2) is 72.9 Å². The summed E-state index contributed by atoms with van der Waals surface area (Å²) in [6.45, 7) is 2.05. The van der Waals surface area contributed by atoms with E-state index in [1.807, 2.05) is 36.2 Å². The first kappa shape index (κ1) is 28.2. The smallest absolute Gasteiger partial charge is 0.335 e. The van der Waals surface area contributed by atoms with Crippen LogP contribution in [0.3, 0.4) is 0 Å². The van der Waals surface area contributed by atoms with E-state index in [1.54, 1.807) is 31.4 Å². The van der Waals surface area contributed by atoms with Gasteiger partial charge in [-0.15, -0.1) is 0 Å². The van der Waals surface area contributed by atoms with Gasteiger partial charge in [0.05, 0.1) is 18.2 Å². The fourth-order valence-electron chi connectivity index (χ4n) is 4.57. The molecule has 1 heterocycles. The molecule has 1 saturated heterocycles. The zero-order valence-corrected chi connectivity index (χ0v) is 23.2. The Hall–Kier alpha value is -2.37. The van der Waals surface area contributed by atoms with E-state index in [4.69, 9.17) is 14.2 Å². The van der Waals surface area contributed by atoms with Gasteiger partial charge in [0.2, 0.25) is 5.91 Å². The SMILES string of the molecule is CI.COc1cccc(OCCN(C)C2(C(=O)NC3(c4ccc(C(=O)O)cc4)CC3)CCOCC2)c1. The molecule has 1 amide bonds. The summed E-state index contributed by atoms with van der Waals surface area (Å²) in [6, 6.07) is 14.3. The summed E-state index contributed by atoms with van der Waals surface area (Å²) < 4.78 is 16.7. The highest BCUT2D eigenvalue weighted by molar-refractivity contribution is 14.1. The lowest BCUT2D eigenvalue weighted by Crippen LogP contribution is -2.62. The Bertz CT molecular complexity index is 1020. The van der Waals surface area contributed by atoms with Crippen molar-refractivity contribution in [3.63, 3.8) is 0 Å². The minimum Gasteiger partial charge on any atom is -0.497 e. The van der Waals surface area contributed by atoms with Crippen molar-refractivity contribution in [2.45, 2.75) is 36.8 Å². The number of halogens is 1. The molecule has 0 spiro atoms. The number of likely N-dealkylation sites (N-methyl/N-ethyl adjacent to an activating group) is 1. The molecule has 8 nitrogen and oxygen atoms in total. The molecule has 2 fully saturated rings. The Morgan fingerprint density at radius 2 is 1.69 bits per heavy atom. The van der Waals surface area contributed by atoms with E-state index < -0.39 is 17.0 Å². The quantitative estimate of drug-likeness (QED) is 0.309. The van der Waals surface area contributed by atoms with Crippen LogP contribution in [-0.2, 0) is 15.1 Å². The number of nitrogens with one attached hydrogen (secondary N) is 1. The summed E-state index contributed by atoms with van der Waals surface area (Å²) in [5, 5.41) is 12.5. The zero-order valence-electron chi connectivity index (χ0n) is 21.1. The lowest BCUT2D eigenvalue weighted by atomic mass is 9.86. The monoisotopic (exact) mass is 610 g/mol. The van der Waals surface area contributed by atoms with Gasteiger partial charge >= 0.3 is 5.97 Å². The molecular weight excluding hydrogens is 575 g/mol. The van der Waals surface area contributed by atoms with E-state index in [-0.39, 0.29) is 11.5 Å². The fraction of sp³-hybridized carbons (Fsp3) is 0.481. The van der Waals surface area contributed by atoms with E-state index in [0.717, 1.165) is 29.9 Å². The van der Waals surface area contributed by atoms with Gasteiger partial charge in [-0.25, -0.2) is 4.79 Å². The second kappa shape index (κ2) is 12.7. The Kier molecular flexibility index (Phi) is 9.98. The number of aromatic carboxylic acids is 1. The van der Waals surface area contributed by atoms with E-state index in [9.17, 15) is 14.7 Å². The highest BCUT2D eigenvalue weighted by Gasteiger charge is 2.51. The lowest BCUT2D eigenvalue weighted by Gasteiger charge is -2.43. The van der Waals surface area contributed by atoms with Gasteiger partial charge in [-0.05, 0) is 67.5 Å². The summed E-state index contributed by atoms with van der Waals surface area (Å²) in [4.78, 5) is 29.0. The zero-order chi connectivity index (χ0) is 26.2. The second-order valence-corrected chi connectivity index (χ2v) is 9.01. The third-order valence-electron chi connectivity index (χ3n) is 7.00. The molecule has 0 aromatic heterocycles. The highest BCUT2D eigenvalue weighted by Crippen LogP contribution is 2.46. The van der Waals surface area contributed by atoms with Gasteiger partial charge in [-0.2, -0.15) is 0 Å².